The smallest absolute Gasteiger partial charge is 0.481 e. The number of carboxylic acids is 1. The summed E-state index contributed by atoms with van der Waals surface area (Å²) in [6.07, 6.45) is 3.73. The molecule has 4 saturated carbocycles. The van der Waals surface area contributed by atoms with Gasteiger partial charge in [-0.2, -0.15) is 8.78 Å². The quantitative estimate of drug-likeness (QED) is 0.324. The molecular weight excluding hydrogens is 640 g/mol. The van der Waals surface area contributed by atoms with Crippen LogP contribution in [0.1, 0.15) is 111 Å². The SMILES string of the molecule is Cc1oc(=O)oc1COC(=O)[C@]1(C)[C@@H](NC(=O)C(F)F)CC[C@@]2(C)[C@H]1CC[C@]1(C)[C@@H]2C(=O)C=C2[C@@H]3C[C@@](C)(C(=O)O)CC[C@]3(C)CC[C@]21C. The highest BCUT2D eigenvalue weighted by Crippen LogP contribution is 2.75. The van der Waals surface area contributed by atoms with Gasteiger partial charge in [-0.25, -0.2) is 4.79 Å². The summed E-state index contributed by atoms with van der Waals surface area (Å²) < 4.78 is 42.7. The van der Waals surface area contributed by atoms with Crippen LogP contribution in [0.15, 0.2) is 25.3 Å². The van der Waals surface area contributed by atoms with E-state index in [4.69, 9.17) is 13.6 Å². The molecule has 5 aliphatic carbocycles. The zero-order chi connectivity index (χ0) is 36.1. The molecule has 1 aromatic rings. The molecule has 5 aliphatic rings. The first-order valence-corrected chi connectivity index (χ1v) is 17.5. The van der Waals surface area contributed by atoms with Gasteiger partial charge in [-0.1, -0.05) is 33.3 Å². The number of carboxylic acid groups (broad SMARTS) is 1. The van der Waals surface area contributed by atoms with Crippen LogP contribution in [0.3, 0.4) is 0 Å². The van der Waals surface area contributed by atoms with Crippen LogP contribution in [0, 0.1) is 57.2 Å². The van der Waals surface area contributed by atoms with Crippen LogP contribution in [0.25, 0.3) is 0 Å². The van der Waals surface area contributed by atoms with Gasteiger partial charge in [-0.3, -0.25) is 19.2 Å². The maximum absolute atomic E-state index is 14.7. The molecule has 10 nitrogen and oxygen atoms in total. The van der Waals surface area contributed by atoms with E-state index in [1.54, 1.807) is 13.0 Å². The minimum Gasteiger partial charge on any atom is -0.481 e. The van der Waals surface area contributed by atoms with Crippen molar-refractivity contribution in [3.63, 3.8) is 0 Å². The molecule has 1 heterocycles. The van der Waals surface area contributed by atoms with E-state index in [1.807, 2.05) is 13.8 Å². The Morgan fingerprint density at radius 3 is 2.27 bits per heavy atom. The Morgan fingerprint density at radius 2 is 1.65 bits per heavy atom. The average Bonchev–Trinajstić information content (AvgIpc) is 3.35. The van der Waals surface area contributed by atoms with Crippen LogP contribution in [-0.4, -0.2) is 41.2 Å². The molecule has 49 heavy (non-hydrogen) atoms. The monoisotopic (exact) mass is 689 g/mol. The zero-order valence-corrected chi connectivity index (χ0v) is 29.5. The van der Waals surface area contributed by atoms with E-state index in [0.29, 0.717) is 32.1 Å². The van der Waals surface area contributed by atoms with Crippen LogP contribution < -0.4 is 11.1 Å². The number of halogens is 2. The largest absolute Gasteiger partial charge is 0.519 e. The van der Waals surface area contributed by atoms with Gasteiger partial charge in [-0.05, 0) is 118 Å². The standard InChI is InChI=1S/C37H49F2NO9/c1-19-23(49-31(46)48-19)18-47-30(45)37(7)24-8-11-36(6)26(34(24,4)10-9-25(37)40-28(42)27(38)39)22(41)16-20-21-17-33(3,29(43)44)13-12-32(21,2)14-15-35(20,36)5/h16,21,24-27H,8-15,17-18H2,1-7H3,(H,40,42)(H,43,44)/t21-,24+,25-,26+,32+,33-,34-,35+,36+,37-/m0/s1. The van der Waals surface area contributed by atoms with Gasteiger partial charge in [0.25, 0.3) is 5.91 Å². The topological polar surface area (TPSA) is 153 Å². The van der Waals surface area contributed by atoms with Crippen LogP contribution in [0.2, 0.25) is 0 Å². The molecule has 0 aliphatic heterocycles. The molecule has 1 amide bonds. The van der Waals surface area contributed by atoms with Crippen molar-refractivity contribution >= 4 is 23.6 Å². The number of nitrogens with one attached hydrogen (secondary N) is 1. The van der Waals surface area contributed by atoms with Gasteiger partial charge < -0.3 is 24.0 Å². The predicted molar refractivity (Wildman–Crippen MR) is 171 cm³/mol. The number of alkyl halides is 2. The maximum atomic E-state index is 14.7. The Labute approximate surface area is 284 Å². The first kappa shape index (κ1) is 35.5. The van der Waals surface area contributed by atoms with Crippen molar-refractivity contribution in [2.45, 2.75) is 125 Å². The molecule has 270 valence electrons. The van der Waals surface area contributed by atoms with E-state index in [9.17, 15) is 37.9 Å². The van der Waals surface area contributed by atoms with Gasteiger partial charge in [-0.15, -0.1) is 0 Å². The van der Waals surface area contributed by atoms with Gasteiger partial charge in [0.05, 0.1) is 10.8 Å². The molecule has 0 spiro atoms. The highest BCUT2D eigenvalue weighted by atomic mass is 19.3. The average molecular weight is 690 g/mol. The molecule has 2 N–H and O–H groups in total. The highest BCUT2D eigenvalue weighted by molar-refractivity contribution is 5.96. The summed E-state index contributed by atoms with van der Waals surface area (Å²) in [6, 6.07) is -0.993. The second-order valence-corrected chi connectivity index (χ2v) is 17.3. The second-order valence-electron chi connectivity index (χ2n) is 17.3. The third kappa shape index (κ3) is 5.00. The summed E-state index contributed by atoms with van der Waals surface area (Å²) in [5.74, 6) is -4.97. The number of aryl methyl sites for hydroxylation is 1. The number of hydrogen-bond acceptors (Lipinski definition) is 8. The lowest BCUT2D eigenvalue weighted by Crippen LogP contribution is -2.69. The number of carbonyl (C=O) groups is 4. The molecule has 0 bridgehead atoms. The van der Waals surface area contributed by atoms with Gasteiger partial charge in [0.2, 0.25) is 0 Å². The fraction of sp³-hybridized carbons (Fsp3) is 0.757. The summed E-state index contributed by atoms with van der Waals surface area (Å²) in [7, 11) is 0. The third-order valence-electron chi connectivity index (χ3n) is 14.9. The van der Waals surface area contributed by atoms with Crippen molar-refractivity contribution in [2.24, 2.45) is 50.2 Å². The number of aliphatic carboxylic acids is 1. The lowest BCUT2D eigenvalue weighted by atomic mass is 9.33. The molecule has 1 aromatic heterocycles. The van der Waals surface area contributed by atoms with Gasteiger partial charge in [0.1, 0.15) is 0 Å². The fourth-order valence-electron chi connectivity index (χ4n) is 11.6. The Bertz CT molecular complexity index is 1680. The Kier molecular flexibility index (Phi) is 8.23. The number of rotatable bonds is 6. The number of carbonyl (C=O) groups excluding carboxylic acids is 3. The molecule has 4 fully saturated rings. The summed E-state index contributed by atoms with van der Waals surface area (Å²) >= 11 is 0. The van der Waals surface area contributed by atoms with Crippen molar-refractivity contribution in [3.8, 4) is 0 Å². The van der Waals surface area contributed by atoms with Crippen molar-refractivity contribution in [1.82, 2.24) is 5.32 Å². The van der Waals surface area contributed by atoms with E-state index in [1.165, 1.54) is 6.92 Å². The molecule has 0 aromatic carbocycles. The summed E-state index contributed by atoms with van der Waals surface area (Å²) in [6.45, 7) is 13.2. The first-order valence-electron chi connectivity index (χ1n) is 17.5. The van der Waals surface area contributed by atoms with Crippen molar-refractivity contribution in [1.29, 1.82) is 0 Å². The number of esters is 1. The van der Waals surface area contributed by atoms with Crippen molar-refractivity contribution in [2.75, 3.05) is 0 Å². The maximum Gasteiger partial charge on any atom is 0.519 e. The lowest BCUT2D eigenvalue weighted by molar-refractivity contribution is -0.205. The number of allylic oxidation sites excluding steroid dienone is 2. The van der Waals surface area contributed by atoms with Crippen LogP contribution in [0.5, 0.6) is 0 Å². The van der Waals surface area contributed by atoms with Gasteiger partial charge >= 0.3 is 24.2 Å². The normalized spacial score (nSPS) is 43.0. The summed E-state index contributed by atoms with van der Waals surface area (Å²) in [5, 5.41) is 12.6. The minimum atomic E-state index is -3.28. The Hall–Kier alpha value is -3.31. The first-order chi connectivity index (χ1) is 22.7. The molecule has 12 heteroatoms. The molecule has 10 atom stereocenters. The van der Waals surface area contributed by atoms with Crippen molar-refractivity contribution in [3.05, 3.63) is 33.8 Å². The summed E-state index contributed by atoms with van der Waals surface area (Å²) in [4.78, 5) is 65.4. The van der Waals surface area contributed by atoms with E-state index in [-0.39, 0.29) is 35.1 Å². The van der Waals surface area contributed by atoms with E-state index in [0.717, 1.165) is 24.8 Å². The fourth-order valence-corrected chi connectivity index (χ4v) is 11.6. The van der Waals surface area contributed by atoms with Gasteiger partial charge in [0.15, 0.2) is 23.9 Å². The number of amides is 1. The lowest BCUT2D eigenvalue weighted by Gasteiger charge is -2.70. The van der Waals surface area contributed by atoms with Crippen molar-refractivity contribution < 1.29 is 46.6 Å². The predicted octanol–water partition coefficient (Wildman–Crippen LogP) is 6.38. The minimum absolute atomic E-state index is 0.0176. The second kappa shape index (κ2) is 11.4. The molecule has 6 rings (SSSR count). The zero-order valence-electron chi connectivity index (χ0n) is 29.5. The van der Waals surface area contributed by atoms with E-state index in [2.05, 4.69) is 26.1 Å². The molecule has 0 radical (unpaired) electrons. The Morgan fingerprint density at radius 1 is 0.980 bits per heavy atom. The third-order valence-corrected chi connectivity index (χ3v) is 14.9. The number of hydrogen-bond donors (Lipinski definition) is 2. The molecule has 0 saturated heterocycles. The van der Waals surface area contributed by atoms with Crippen LogP contribution >= 0.6 is 0 Å². The summed E-state index contributed by atoms with van der Waals surface area (Å²) in [5.41, 5.74) is -3.14. The molecule has 0 unspecified atom stereocenters. The van der Waals surface area contributed by atoms with Crippen LogP contribution in [-0.2, 0) is 30.5 Å². The molecular formula is C37H49F2NO9. The van der Waals surface area contributed by atoms with E-state index >= 15 is 0 Å². The number of fused-ring (bicyclic) bond motifs is 7. The highest BCUT2D eigenvalue weighted by Gasteiger charge is 2.72. The Balaban J connectivity index is 1.40. The van der Waals surface area contributed by atoms with E-state index < -0.39 is 81.7 Å². The van der Waals surface area contributed by atoms with Gasteiger partial charge in [0, 0.05) is 12.0 Å². The number of ketones is 1. The number of ether oxygens (including phenoxy) is 1. The van der Waals surface area contributed by atoms with Crippen LogP contribution in [0.4, 0.5) is 8.78 Å².